The first-order valence-electron chi connectivity index (χ1n) is 7.07. The molecule has 0 spiro atoms. The Morgan fingerprint density at radius 3 is 2.62 bits per heavy atom. The van der Waals surface area contributed by atoms with Crippen molar-refractivity contribution in [3.8, 4) is 11.3 Å². The van der Waals surface area contributed by atoms with Crippen molar-refractivity contribution in [2.24, 2.45) is 0 Å². The lowest BCUT2D eigenvalue weighted by Crippen LogP contribution is -1.90. The molecule has 2 heterocycles. The van der Waals surface area contributed by atoms with E-state index in [4.69, 9.17) is 9.40 Å². The minimum Gasteiger partial charge on any atom is -0.464 e. The van der Waals surface area contributed by atoms with Crippen molar-refractivity contribution in [2.75, 3.05) is 0 Å². The van der Waals surface area contributed by atoms with Crippen molar-refractivity contribution >= 4 is 21.9 Å². The van der Waals surface area contributed by atoms with Gasteiger partial charge in [-0.25, -0.2) is 4.98 Å². The summed E-state index contributed by atoms with van der Waals surface area (Å²) in [6.07, 6.45) is 1.74. The van der Waals surface area contributed by atoms with Gasteiger partial charge in [-0.2, -0.15) is 0 Å². The fourth-order valence-electron chi connectivity index (χ4n) is 2.93. The van der Waals surface area contributed by atoms with Gasteiger partial charge < -0.3 is 4.42 Å². The van der Waals surface area contributed by atoms with Gasteiger partial charge in [0.25, 0.3) is 0 Å². The molecule has 0 fully saturated rings. The summed E-state index contributed by atoms with van der Waals surface area (Å²) < 4.78 is 5.72. The lowest BCUT2D eigenvalue weighted by atomic mass is 9.99. The first kappa shape index (κ1) is 12.2. The van der Waals surface area contributed by atoms with Crippen molar-refractivity contribution in [3.63, 3.8) is 0 Å². The highest BCUT2D eigenvalue weighted by molar-refractivity contribution is 6.08. The molecule has 2 aromatic heterocycles. The summed E-state index contributed by atoms with van der Waals surface area (Å²) in [5.74, 6) is 0. The zero-order chi connectivity index (χ0) is 14.4. The van der Waals surface area contributed by atoms with Crippen molar-refractivity contribution < 1.29 is 4.42 Å². The summed E-state index contributed by atoms with van der Waals surface area (Å²) in [4.78, 5) is 4.88. The Balaban J connectivity index is 2.13. The molecule has 0 aliphatic carbocycles. The maximum Gasteiger partial charge on any atom is 0.145 e. The number of aryl methyl sites for hydroxylation is 2. The van der Waals surface area contributed by atoms with Crippen LogP contribution >= 0.6 is 0 Å². The summed E-state index contributed by atoms with van der Waals surface area (Å²) in [7, 11) is 0. The quantitative estimate of drug-likeness (QED) is 0.472. The van der Waals surface area contributed by atoms with Gasteiger partial charge in [-0.05, 0) is 37.6 Å². The van der Waals surface area contributed by atoms with Crippen LogP contribution in [0, 0.1) is 13.8 Å². The number of aromatic nitrogens is 1. The van der Waals surface area contributed by atoms with Crippen LogP contribution in [-0.4, -0.2) is 4.98 Å². The molecule has 2 nitrogen and oxygen atoms in total. The third-order valence-electron chi connectivity index (χ3n) is 3.94. The number of para-hydroxylation sites is 1. The van der Waals surface area contributed by atoms with E-state index in [0.717, 1.165) is 33.1 Å². The van der Waals surface area contributed by atoms with Crippen LogP contribution in [0.4, 0.5) is 0 Å². The Bertz CT molecular complexity index is 966. The van der Waals surface area contributed by atoms with Crippen LogP contribution in [0.25, 0.3) is 33.1 Å². The highest BCUT2D eigenvalue weighted by atomic mass is 16.3. The third kappa shape index (κ3) is 1.83. The number of pyridine rings is 1. The van der Waals surface area contributed by atoms with E-state index in [9.17, 15) is 0 Å². The number of furan rings is 1. The minimum atomic E-state index is 0.913. The predicted octanol–water partition coefficient (Wildman–Crippen LogP) is 5.26. The molecule has 4 aromatic rings. The van der Waals surface area contributed by atoms with Crippen LogP contribution in [0.3, 0.4) is 0 Å². The van der Waals surface area contributed by atoms with E-state index in [2.05, 4.69) is 38.1 Å². The average Bonchev–Trinajstić information content (AvgIpc) is 2.96. The normalized spacial score (nSPS) is 11.3. The van der Waals surface area contributed by atoms with Gasteiger partial charge >= 0.3 is 0 Å². The molecule has 0 saturated heterocycles. The molecule has 102 valence electrons. The third-order valence-corrected chi connectivity index (χ3v) is 3.94. The van der Waals surface area contributed by atoms with E-state index in [1.807, 2.05) is 24.3 Å². The molecule has 2 aromatic carbocycles. The fraction of sp³-hybridized carbons (Fsp3) is 0.105. The summed E-state index contributed by atoms with van der Waals surface area (Å²) in [6, 6.07) is 16.6. The number of rotatable bonds is 1. The number of nitrogens with zero attached hydrogens (tertiary/aromatic N) is 1. The molecule has 21 heavy (non-hydrogen) atoms. The van der Waals surface area contributed by atoms with Crippen LogP contribution < -0.4 is 0 Å². The molecule has 0 N–H and O–H groups in total. The van der Waals surface area contributed by atoms with Crippen molar-refractivity contribution in [3.05, 3.63) is 65.9 Å². The smallest absolute Gasteiger partial charge is 0.145 e. The zero-order valence-electron chi connectivity index (χ0n) is 12.1. The Morgan fingerprint density at radius 2 is 1.76 bits per heavy atom. The summed E-state index contributed by atoms with van der Waals surface area (Å²) in [6.45, 7) is 4.24. The molecular formula is C19H15NO. The molecule has 4 rings (SSSR count). The van der Waals surface area contributed by atoms with Crippen LogP contribution in [0.1, 0.15) is 11.1 Å². The second-order valence-corrected chi connectivity index (χ2v) is 5.46. The maximum absolute atomic E-state index is 5.72. The minimum absolute atomic E-state index is 0.913. The SMILES string of the molecule is Cc1ccc(-c2nc3ccccc3c3occc23)c(C)c1. The van der Waals surface area contributed by atoms with Crippen LogP contribution in [0.2, 0.25) is 0 Å². The zero-order valence-corrected chi connectivity index (χ0v) is 12.1. The second kappa shape index (κ2) is 4.45. The van der Waals surface area contributed by atoms with Crippen molar-refractivity contribution in [1.29, 1.82) is 0 Å². The molecule has 2 heteroatoms. The number of fused-ring (bicyclic) bond motifs is 3. The van der Waals surface area contributed by atoms with Crippen LogP contribution in [0.5, 0.6) is 0 Å². The molecule has 0 aliphatic heterocycles. The standard InChI is InChI=1S/C19H15NO/c1-12-7-8-14(13(2)11-12)18-16-9-10-21-19(16)15-5-3-4-6-17(15)20-18/h3-11H,1-2H3. The monoisotopic (exact) mass is 273 g/mol. The summed E-state index contributed by atoms with van der Waals surface area (Å²) in [5, 5.41) is 2.13. The van der Waals surface area contributed by atoms with E-state index in [0.29, 0.717) is 0 Å². The largest absolute Gasteiger partial charge is 0.464 e. The van der Waals surface area contributed by atoms with Gasteiger partial charge in [0, 0.05) is 16.3 Å². The molecule has 0 amide bonds. The van der Waals surface area contributed by atoms with Gasteiger partial charge in [0.2, 0.25) is 0 Å². The van der Waals surface area contributed by atoms with Gasteiger partial charge in [-0.1, -0.05) is 35.9 Å². The number of hydrogen-bond donors (Lipinski definition) is 0. The molecule has 0 aliphatic rings. The van der Waals surface area contributed by atoms with Crippen LogP contribution in [-0.2, 0) is 0 Å². The number of benzene rings is 2. The first-order chi connectivity index (χ1) is 10.2. The van der Waals surface area contributed by atoms with Crippen LogP contribution in [0.15, 0.2) is 59.2 Å². The second-order valence-electron chi connectivity index (χ2n) is 5.46. The van der Waals surface area contributed by atoms with E-state index in [-0.39, 0.29) is 0 Å². The van der Waals surface area contributed by atoms with Crippen molar-refractivity contribution in [2.45, 2.75) is 13.8 Å². The van der Waals surface area contributed by atoms with Crippen molar-refractivity contribution in [1.82, 2.24) is 4.98 Å². The van der Waals surface area contributed by atoms with E-state index in [1.54, 1.807) is 6.26 Å². The highest BCUT2D eigenvalue weighted by Gasteiger charge is 2.13. The van der Waals surface area contributed by atoms with E-state index >= 15 is 0 Å². The van der Waals surface area contributed by atoms with E-state index in [1.165, 1.54) is 11.1 Å². The molecule has 0 unspecified atom stereocenters. The predicted molar refractivity (Wildman–Crippen MR) is 86.4 cm³/mol. The fourth-order valence-corrected chi connectivity index (χ4v) is 2.93. The Labute approximate surface area is 123 Å². The van der Waals surface area contributed by atoms with Gasteiger partial charge in [-0.15, -0.1) is 0 Å². The summed E-state index contributed by atoms with van der Waals surface area (Å²) in [5.41, 5.74) is 6.54. The lowest BCUT2D eigenvalue weighted by molar-refractivity contribution is 0.619. The van der Waals surface area contributed by atoms with Gasteiger partial charge in [0.15, 0.2) is 0 Å². The highest BCUT2D eigenvalue weighted by Crippen LogP contribution is 2.34. The van der Waals surface area contributed by atoms with Gasteiger partial charge in [-0.3, -0.25) is 0 Å². The molecule has 0 saturated carbocycles. The number of hydrogen-bond acceptors (Lipinski definition) is 2. The lowest BCUT2D eigenvalue weighted by Gasteiger charge is -2.09. The Morgan fingerprint density at radius 1 is 0.905 bits per heavy atom. The molecule has 0 bridgehead atoms. The topological polar surface area (TPSA) is 26.0 Å². The van der Waals surface area contributed by atoms with Gasteiger partial charge in [0.1, 0.15) is 5.58 Å². The maximum atomic E-state index is 5.72. The summed E-state index contributed by atoms with van der Waals surface area (Å²) >= 11 is 0. The molecule has 0 radical (unpaired) electrons. The average molecular weight is 273 g/mol. The first-order valence-corrected chi connectivity index (χ1v) is 7.07. The molecular weight excluding hydrogens is 258 g/mol. The van der Waals surface area contributed by atoms with E-state index < -0.39 is 0 Å². The van der Waals surface area contributed by atoms with Gasteiger partial charge in [0.05, 0.1) is 17.5 Å². The Hall–Kier alpha value is -2.61. The Kier molecular flexibility index (Phi) is 2.58. The molecule has 0 atom stereocenters.